The van der Waals surface area contributed by atoms with E-state index in [2.05, 4.69) is 5.32 Å². The maximum atomic E-state index is 12.6. The number of aromatic nitrogens is 2. The minimum atomic E-state index is -0.0623. The fraction of sp³-hybridized carbons (Fsp3) is 0.188. The molecule has 5 nitrogen and oxygen atoms in total. The molecule has 2 heterocycles. The van der Waals surface area contributed by atoms with E-state index < -0.39 is 0 Å². The molecule has 0 saturated heterocycles. The molecule has 0 bridgehead atoms. The van der Waals surface area contributed by atoms with Gasteiger partial charge in [-0.3, -0.25) is 9.48 Å². The van der Waals surface area contributed by atoms with Crippen molar-refractivity contribution in [2.45, 2.75) is 13.5 Å². The highest BCUT2D eigenvalue weighted by Crippen LogP contribution is 2.15. The fourth-order valence-electron chi connectivity index (χ4n) is 2.36. The Kier molecular flexibility index (Phi) is 3.39. The number of rotatable bonds is 4. The third kappa shape index (κ3) is 2.38. The van der Waals surface area contributed by atoms with Gasteiger partial charge < -0.3 is 9.73 Å². The summed E-state index contributed by atoms with van der Waals surface area (Å²) in [6.07, 6.45) is 1.62. The van der Waals surface area contributed by atoms with Crippen molar-refractivity contribution in [3.05, 3.63) is 70.5 Å². The smallest absolute Gasteiger partial charge is 0.295 e. The Morgan fingerprint density at radius 2 is 1.90 bits per heavy atom. The van der Waals surface area contributed by atoms with Crippen LogP contribution in [-0.4, -0.2) is 9.36 Å². The van der Waals surface area contributed by atoms with Gasteiger partial charge in [-0.05, 0) is 31.2 Å². The molecule has 5 heteroatoms. The van der Waals surface area contributed by atoms with Crippen LogP contribution < -0.4 is 10.9 Å². The summed E-state index contributed by atoms with van der Waals surface area (Å²) in [5.41, 5.74) is 2.26. The van der Waals surface area contributed by atoms with Crippen LogP contribution in [0.2, 0.25) is 0 Å². The van der Waals surface area contributed by atoms with Crippen molar-refractivity contribution in [1.82, 2.24) is 9.36 Å². The lowest BCUT2D eigenvalue weighted by atomic mass is 10.3. The summed E-state index contributed by atoms with van der Waals surface area (Å²) in [4.78, 5) is 12.6. The van der Waals surface area contributed by atoms with Crippen LogP contribution in [0.5, 0.6) is 0 Å². The Bertz CT molecular complexity index is 783. The van der Waals surface area contributed by atoms with E-state index in [0.717, 1.165) is 17.1 Å². The first-order chi connectivity index (χ1) is 10.2. The summed E-state index contributed by atoms with van der Waals surface area (Å²) in [6.45, 7) is 2.41. The first-order valence-corrected chi connectivity index (χ1v) is 6.79. The average molecular weight is 283 g/mol. The molecular weight excluding hydrogens is 266 g/mol. The highest BCUT2D eigenvalue weighted by Gasteiger charge is 2.15. The van der Waals surface area contributed by atoms with E-state index in [0.29, 0.717) is 12.2 Å². The average Bonchev–Trinajstić information content (AvgIpc) is 3.08. The molecule has 0 aliphatic heterocycles. The second-order valence-electron chi connectivity index (χ2n) is 4.87. The first-order valence-electron chi connectivity index (χ1n) is 6.79. The molecular formula is C16H17N3O2. The van der Waals surface area contributed by atoms with Crippen LogP contribution in [0, 0.1) is 6.92 Å². The Balaban J connectivity index is 1.97. The zero-order valence-corrected chi connectivity index (χ0v) is 12.0. The standard InChI is InChI=1S/C16H17N3O2/c1-12-15(17-11-14-9-6-10-21-14)16(20)19(18(12)2)13-7-4-3-5-8-13/h3-10,17H,11H2,1-2H3. The lowest BCUT2D eigenvalue weighted by Gasteiger charge is -2.07. The van der Waals surface area contributed by atoms with Crippen LogP contribution in [0.15, 0.2) is 57.9 Å². The van der Waals surface area contributed by atoms with Gasteiger partial charge in [0.2, 0.25) is 0 Å². The molecule has 0 amide bonds. The zero-order valence-electron chi connectivity index (χ0n) is 12.0. The van der Waals surface area contributed by atoms with E-state index in [1.54, 1.807) is 10.9 Å². The first kappa shape index (κ1) is 13.3. The third-order valence-corrected chi connectivity index (χ3v) is 3.57. The molecule has 108 valence electrons. The van der Waals surface area contributed by atoms with E-state index in [9.17, 15) is 4.79 Å². The summed E-state index contributed by atoms with van der Waals surface area (Å²) < 4.78 is 8.78. The van der Waals surface area contributed by atoms with Gasteiger partial charge in [0.1, 0.15) is 11.4 Å². The number of furan rings is 1. The van der Waals surface area contributed by atoms with Crippen molar-refractivity contribution >= 4 is 5.69 Å². The molecule has 0 radical (unpaired) electrons. The molecule has 3 aromatic rings. The highest BCUT2D eigenvalue weighted by molar-refractivity contribution is 5.49. The number of hydrogen-bond acceptors (Lipinski definition) is 3. The molecule has 21 heavy (non-hydrogen) atoms. The maximum Gasteiger partial charge on any atom is 0.295 e. The lowest BCUT2D eigenvalue weighted by Crippen LogP contribution is -2.20. The van der Waals surface area contributed by atoms with Crippen molar-refractivity contribution < 1.29 is 4.42 Å². The third-order valence-electron chi connectivity index (χ3n) is 3.57. The number of benzene rings is 1. The van der Waals surface area contributed by atoms with Gasteiger partial charge in [-0.25, -0.2) is 4.68 Å². The summed E-state index contributed by atoms with van der Waals surface area (Å²) >= 11 is 0. The number of nitrogens with zero attached hydrogens (tertiary/aromatic N) is 2. The number of anilines is 1. The molecule has 3 rings (SSSR count). The largest absolute Gasteiger partial charge is 0.467 e. The predicted molar refractivity (Wildman–Crippen MR) is 81.8 cm³/mol. The van der Waals surface area contributed by atoms with E-state index in [-0.39, 0.29) is 5.56 Å². The lowest BCUT2D eigenvalue weighted by molar-refractivity contribution is 0.518. The Hall–Kier alpha value is -2.69. The summed E-state index contributed by atoms with van der Waals surface area (Å²) in [6, 6.07) is 13.3. The van der Waals surface area contributed by atoms with Crippen molar-refractivity contribution in [2.24, 2.45) is 7.05 Å². The Morgan fingerprint density at radius 3 is 2.57 bits per heavy atom. The molecule has 0 spiro atoms. The van der Waals surface area contributed by atoms with E-state index in [4.69, 9.17) is 4.42 Å². The molecule has 2 aromatic heterocycles. The van der Waals surface area contributed by atoms with Crippen LogP contribution in [0.1, 0.15) is 11.5 Å². The molecule has 1 aromatic carbocycles. The molecule has 0 aliphatic rings. The number of hydrogen-bond donors (Lipinski definition) is 1. The molecule has 0 aliphatic carbocycles. The van der Waals surface area contributed by atoms with E-state index in [1.807, 2.05) is 61.1 Å². The van der Waals surface area contributed by atoms with Crippen LogP contribution in [0.25, 0.3) is 5.69 Å². The summed E-state index contributed by atoms with van der Waals surface area (Å²) in [5.74, 6) is 0.795. The number of nitrogens with one attached hydrogen (secondary N) is 1. The van der Waals surface area contributed by atoms with Gasteiger partial charge in [-0.15, -0.1) is 0 Å². The van der Waals surface area contributed by atoms with Gasteiger partial charge in [-0.1, -0.05) is 18.2 Å². The number of para-hydroxylation sites is 1. The Morgan fingerprint density at radius 1 is 1.14 bits per heavy atom. The summed E-state index contributed by atoms with van der Waals surface area (Å²) in [5, 5.41) is 3.17. The molecule has 0 unspecified atom stereocenters. The second kappa shape index (κ2) is 5.36. The van der Waals surface area contributed by atoms with Crippen molar-refractivity contribution in [3.8, 4) is 5.69 Å². The summed E-state index contributed by atoms with van der Waals surface area (Å²) in [7, 11) is 1.88. The predicted octanol–water partition coefficient (Wildman–Crippen LogP) is 2.69. The monoisotopic (exact) mass is 283 g/mol. The molecule has 0 fully saturated rings. The quantitative estimate of drug-likeness (QED) is 0.801. The maximum absolute atomic E-state index is 12.6. The normalized spacial score (nSPS) is 10.8. The van der Waals surface area contributed by atoms with Gasteiger partial charge in [0.05, 0.1) is 24.2 Å². The highest BCUT2D eigenvalue weighted by atomic mass is 16.3. The van der Waals surface area contributed by atoms with Crippen molar-refractivity contribution in [3.63, 3.8) is 0 Å². The molecule has 0 atom stereocenters. The van der Waals surface area contributed by atoms with Crippen LogP contribution in [0.3, 0.4) is 0 Å². The minimum absolute atomic E-state index is 0.0623. The van der Waals surface area contributed by atoms with E-state index in [1.165, 1.54) is 0 Å². The molecule has 1 N–H and O–H groups in total. The zero-order chi connectivity index (χ0) is 14.8. The van der Waals surface area contributed by atoms with E-state index >= 15 is 0 Å². The van der Waals surface area contributed by atoms with Crippen LogP contribution >= 0.6 is 0 Å². The Labute approximate surface area is 122 Å². The van der Waals surface area contributed by atoms with Gasteiger partial charge >= 0.3 is 0 Å². The minimum Gasteiger partial charge on any atom is -0.467 e. The van der Waals surface area contributed by atoms with Crippen molar-refractivity contribution in [2.75, 3.05) is 5.32 Å². The second-order valence-corrected chi connectivity index (χ2v) is 4.87. The van der Waals surface area contributed by atoms with Crippen LogP contribution in [0.4, 0.5) is 5.69 Å². The topological polar surface area (TPSA) is 52.1 Å². The van der Waals surface area contributed by atoms with Crippen LogP contribution in [-0.2, 0) is 13.6 Å². The van der Waals surface area contributed by atoms with Gasteiger partial charge in [0.25, 0.3) is 5.56 Å². The van der Waals surface area contributed by atoms with Gasteiger partial charge in [0, 0.05) is 7.05 Å². The van der Waals surface area contributed by atoms with Crippen molar-refractivity contribution in [1.29, 1.82) is 0 Å². The fourth-order valence-corrected chi connectivity index (χ4v) is 2.36. The molecule has 0 saturated carbocycles. The van der Waals surface area contributed by atoms with Gasteiger partial charge in [0.15, 0.2) is 0 Å². The van der Waals surface area contributed by atoms with Gasteiger partial charge in [-0.2, -0.15) is 0 Å². The SMILES string of the molecule is Cc1c(NCc2ccco2)c(=O)n(-c2ccccc2)n1C.